The fourth-order valence-corrected chi connectivity index (χ4v) is 10.4. The fraction of sp³-hybridized carbons (Fsp3) is 0. The molecule has 0 spiro atoms. The molecule has 2 heterocycles. The zero-order chi connectivity index (χ0) is 45.7. The van der Waals surface area contributed by atoms with E-state index in [1.807, 2.05) is 0 Å². The third-order valence-electron chi connectivity index (χ3n) is 13.7. The van der Waals surface area contributed by atoms with Gasteiger partial charge in [0.2, 0.25) is 0 Å². The number of rotatable bonds is 9. The minimum absolute atomic E-state index is 1.09. The number of nitrogens with zero attached hydrogens (tertiary/aromatic N) is 3. The Balaban J connectivity index is 0.912. The van der Waals surface area contributed by atoms with E-state index >= 15 is 0 Å². The lowest BCUT2D eigenvalue weighted by atomic mass is 10.0. The van der Waals surface area contributed by atoms with E-state index in [-0.39, 0.29) is 0 Å². The lowest BCUT2D eigenvalue weighted by Crippen LogP contribution is -2.09. The molecule has 0 aliphatic rings. The van der Waals surface area contributed by atoms with Gasteiger partial charge in [0, 0.05) is 50.0 Å². The van der Waals surface area contributed by atoms with E-state index in [1.54, 1.807) is 0 Å². The SMILES string of the molecule is c1ccc(-c2ccc(N(c3ccc(-c4ccccc4)cc3)c3ccc(-c4cccc(-n5c6ccccc6c6ccc7c(c8ccccc8n7-c7ccc(-c8ccccc8)cc7)c65)c4)cc3)cc2)cc1. The second-order valence-corrected chi connectivity index (χ2v) is 17.7. The molecule has 0 fully saturated rings. The summed E-state index contributed by atoms with van der Waals surface area (Å²) in [5.74, 6) is 0. The predicted octanol–water partition coefficient (Wildman–Crippen LogP) is 18.0. The summed E-state index contributed by atoms with van der Waals surface area (Å²) in [5, 5.41) is 4.95. The highest BCUT2D eigenvalue weighted by molar-refractivity contribution is 6.26. The Labute approximate surface area is 401 Å². The zero-order valence-electron chi connectivity index (χ0n) is 37.8. The molecule has 0 unspecified atom stereocenters. The number of anilines is 3. The van der Waals surface area contributed by atoms with Crippen LogP contribution in [0.4, 0.5) is 17.1 Å². The van der Waals surface area contributed by atoms with Crippen LogP contribution in [0.3, 0.4) is 0 Å². The van der Waals surface area contributed by atoms with E-state index in [2.05, 4.69) is 287 Å². The summed E-state index contributed by atoms with van der Waals surface area (Å²) in [7, 11) is 0. The van der Waals surface area contributed by atoms with Crippen LogP contribution in [0.2, 0.25) is 0 Å². The first-order valence-electron chi connectivity index (χ1n) is 23.7. The third kappa shape index (κ3) is 7.08. The summed E-state index contributed by atoms with van der Waals surface area (Å²) in [4.78, 5) is 2.35. The maximum Gasteiger partial charge on any atom is 0.0641 e. The van der Waals surface area contributed by atoms with Gasteiger partial charge in [0.25, 0.3) is 0 Å². The number of para-hydroxylation sites is 2. The molecule has 0 atom stereocenters. The van der Waals surface area contributed by atoms with Crippen molar-refractivity contribution in [3.05, 3.63) is 273 Å². The Kier molecular flexibility index (Phi) is 9.84. The van der Waals surface area contributed by atoms with E-state index < -0.39 is 0 Å². The van der Waals surface area contributed by atoms with Gasteiger partial charge in [-0.1, -0.05) is 194 Å². The molecule has 0 N–H and O–H groups in total. The smallest absolute Gasteiger partial charge is 0.0641 e. The highest BCUT2D eigenvalue weighted by atomic mass is 15.1. The van der Waals surface area contributed by atoms with Crippen molar-refractivity contribution >= 4 is 60.7 Å². The molecule has 3 heteroatoms. The Hall–Kier alpha value is -9.18. The molecule has 2 aromatic heterocycles. The largest absolute Gasteiger partial charge is 0.311 e. The van der Waals surface area contributed by atoms with Gasteiger partial charge in [-0.05, 0) is 123 Å². The third-order valence-corrected chi connectivity index (χ3v) is 13.7. The first-order valence-corrected chi connectivity index (χ1v) is 23.7. The maximum atomic E-state index is 2.49. The first kappa shape index (κ1) is 40.1. The van der Waals surface area contributed by atoms with Crippen LogP contribution in [-0.2, 0) is 0 Å². The molecule has 69 heavy (non-hydrogen) atoms. The average molecular weight is 880 g/mol. The van der Waals surface area contributed by atoms with Crippen LogP contribution >= 0.6 is 0 Å². The molecule has 13 rings (SSSR count). The Morgan fingerprint density at radius 1 is 0.232 bits per heavy atom. The normalized spacial score (nSPS) is 11.5. The molecular formula is C66H45N3. The van der Waals surface area contributed by atoms with Gasteiger partial charge in [-0.15, -0.1) is 0 Å². The van der Waals surface area contributed by atoms with Crippen molar-refractivity contribution < 1.29 is 0 Å². The second-order valence-electron chi connectivity index (χ2n) is 17.7. The standard InChI is InChI=1S/C66H45N3/c1-4-15-46(16-5-1)49-27-35-54(36-28-49)67(55-37-29-50(30-38-55)47-17-6-2-7-18-47)56-39-33-52(34-40-56)53-21-14-22-58(45-53)69-62-25-12-10-23-59(62)60-43-44-64-65(66(60)69)61-24-11-13-26-63(61)68(64)57-41-31-51(32-42-57)48-19-8-3-9-20-48/h1-45H. The van der Waals surface area contributed by atoms with Crippen molar-refractivity contribution in [3.8, 4) is 55.9 Å². The maximum absolute atomic E-state index is 2.49. The molecular weight excluding hydrogens is 835 g/mol. The van der Waals surface area contributed by atoms with E-state index in [0.717, 1.165) is 39.6 Å². The Morgan fingerprint density at radius 3 is 1.16 bits per heavy atom. The number of hydrogen-bond acceptors (Lipinski definition) is 1. The van der Waals surface area contributed by atoms with Gasteiger partial charge in [-0.3, -0.25) is 0 Å². The van der Waals surface area contributed by atoms with Gasteiger partial charge in [0.05, 0.1) is 22.1 Å². The van der Waals surface area contributed by atoms with Crippen LogP contribution in [0.25, 0.3) is 99.5 Å². The molecule has 13 aromatic rings. The monoisotopic (exact) mass is 879 g/mol. The molecule has 0 saturated carbocycles. The summed E-state index contributed by atoms with van der Waals surface area (Å²) in [6, 6.07) is 98.9. The summed E-state index contributed by atoms with van der Waals surface area (Å²) in [5.41, 5.74) is 19.8. The molecule has 0 aliphatic heterocycles. The van der Waals surface area contributed by atoms with Crippen molar-refractivity contribution in [3.63, 3.8) is 0 Å². The number of benzene rings is 11. The summed E-state index contributed by atoms with van der Waals surface area (Å²) in [6.45, 7) is 0. The van der Waals surface area contributed by atoms with Gasteiger partial charge in [0.15, 0.2) is 0 Å². The quantitative estimate of drug-likeness (QED) is 0.141. The summed E-state index contributed by atoms with van der Waals surface area (Å²) in [6.07, 6.45) is 0. The van der Waals surface area contributed by atoms with Gasteiger partial charge in [0.1, 0.15) is 0 Å². The number of hydrogen-bond donors (Lipinski definition) is 0. The highest BCUT2D eigenvalue weighted by Crippen LogP contribution is 2.43. The van der Waals surface area contributed by atoms with Crippen molar-refractivity contribution in [2.45, 2.75) is 0 Å². The Bertz CT molecular complexity index is 3860. The van der Waals surface area contributed by atoms with Crippen molar-refractivity contribution in [1.82, 2.24) is 9.13 Å². The van der Waals surface area contributed by atoms with Crippen molar-refractivity contribution in [2.24, 2.45) is 0 Å². The molecule has 0 bridgehead atoms. The van der Waals surface area contributed by atoms with Crippen LogP contribution in [0.5, 0.6) is 0 Å². The summed E-state index contributed by atoms with van der Waals surface area (Å²) < 4.78 is 4.91. The minimum Gasteiger partial charge on any atom is -0.311 e. The lowest BCUT2D eigenvalue weighted by Gasteiger charge is -2.26. The van der Waals surface area contributed by atoms with Gasteiger partial charge in [-0.2, -0.15) is 0 Å². The first-order chi connectivity index (χ1) is 34.2. The van der Waals surface area contributed by atoms with E-state index in [4.69, 9.17) is 0 Å². The summed E-state index contributed by atoms with van der Waals surface area (Å²) >= 11 is 0. The van der Waals surface area contributed by atoms with Gasteiger partial charge in [-0.25, -0.2) is 0 Å². The van der Waals surface area contributed by atoms with Crippen LogP contribution in [0.1, 0.15) is 0 Å². The van der Waals surface area contributed by atoms with E-state index in [0.29, 0.717) is 0 Å². The second kappa shape index (κ2) is 16.9. The van der Waals surface area contributed by atoms with Crippen LogP contribution < -0.4 is 4.90 Å². The molecule has 0 aliphatic carbocycles. The molecule has 0 saturated heterocycles. The molecule has 0 amide bonds. The fourth-order valence-electron chi connectivity index (χ4n) is 10.4. The zero-order valence-corrected chi connectivity index (χ0v) is 37.8. The lowest BCUT2D eigenvalue weighted by molar-refractivity contribution is 1.17. The molecule has 3 nitrogen and oxygen atoms in total. The molecule has 11 aromatic carbocycles. The predicted molar refractivity (Wildman–Crippen MR) is 292 cm³/mol. The van der Waals surface area contributed by atoms with Crippen LogP contribution in [0, 0.1) is 0 Å². The van der Waals surface area contributed by atoms with Crippen LogP contribution in [0.15, 0.2) is 273 Å². The molecule has 0 radical (unpaired) electrons. The Morgan fingerprint density at radius 2 is 0.638 bits per heavy atom. The highest BCUT2D eigenvalue weighted by Gasteiger charge is 2.21. The average Bonchev–Trinajstić information content (AvgIpc) is 3.95. The van der Waals surface area contributed by atoms with Crippen molar-refractivity contribution in [2.75, 3.05) is 4.90 Å². The van der Waals surface area contributed by atoms with Crippen molar-refractivity contribution in [1.29, 1.82) is 0 Å². The minimum atomic E-state index is 1.09. The number of aromatic nitrogens is 2. The van der Waals surface area contributed by atoms with E-state index in [9.17, 15) is 0 Å². The van der Waals surface area contributed by atoms with E-state index in [1.165, 1.54) is 77.0 Å². The van der Waals surface area contributed by atoms with Crippen LogP contribution in [-0.4, -0.2) is 9.13 Å². The van der Waals surface area contributed by atoms with Gasteiger partial charge < -0.3 is 14.0 Å². The topological polar surface area (TPSA) is 13.1 Å². The number of fused-ring (bicyclic) bond motifs is 7. The van der Waals surface area contributed by atoms with Gasteiger partial charge >= 0.3 is 0 Å². The molecule has 324 valence electrons.